The van der Waals surface area contributed by atoms with Gasteiger partial charge in [-0.05, 0) is 97.4 Å². The van der Waals surface area contributed by atoms with Crippen molar-refractivity contribution in [1.29, 1.82) is 0 Å². The molecule has 1 heterocycles. The zero-order chi connectivity index (χ0) is 32.7. The summed E-state index contributed by atoms with van der Waals surface area (Å²) in [4.78, 5) is 2.43. The van der Waals surface area contributed by atoms with E-state index in [0.717, 1.165) is 17.1 Å². The lowest BCUT2D eigenvalue weighted by atomic mass is 9.82. The van der Waals surface area contributed by atoms with Gasteiger partial charge in [0.1, 0.15) is 0 Å². The summed E-state index contributed by atoms with van der Waals surface area (Å²) < 4.78 is 2.63. The molecule has 2 heteroatoms. The quantitative estimate of drug-likeness (QED) is 0.184. The number of fused-ring (bicyclic) bond motifs is 9. The van der Waals surface area contributed by atoms with Crippen LogP contribution in [0, 0.1) is 0 Å². The highest BCUT2D eigenvalue weighted by Gasteiger charge is 2.35. The van der Waals surface area contributed by atoms with E-state index in [1.807, 2.05) is 11.3 Å². The summed E-state index contributed by atoms with van der Waals surface area (Å²) in [6.45, 7) is 4.69. The summed E-state index contributed by atoms with van der Waals surface area (Å²) in [6.07, 6.45) is 0. The Hall–Kier alpha value is -5.70. The predicted octanol–water partition coefficient (Wildman–Crippen LogP) is 13.8. The van der Waals surface area contributed by atoms with Crippen molar-refractivity contribution in [2.75, 3.05) is 4.90 Å². The van der Waals surface area contributed by atoms with Gasteiger partial charge < -0.3 is 4.90 Å². The molecule has 1 aromatic heterocycles. The number of thiophene rings is 1. The van der Waals surface area contributed by atoms with Crippen molar-refractivity contribution in [1.82, 2.24) is 0 Å². The molecule has 0 unspecified atom stereocenters. The highest BCUT2D eigenvalue weighted by molar-refractivity contribution is 7.26. The van der Waals surface area contributed by atoms with Gasteiger partial charge in [-0.1, -0.05) is 135 Å². The second-order valence-corrected chi connectivity index (χ2v) is 14.8. The molecular weight excluding hydrogens is 611 g/mol. The lowest BCUT2D eigenvalue weighted by Crippen LogP contribution is -2.15. The molecule has 232 valence electrons. The molecule has 10 rings (SSSR count). The summed E-state index contributed by atoms with van der Waals surface area (Å²) >= 11 is 1.88. The first-order chi connectivity index (χ1) is 24.0. The van der Waals surface area contributed by atoms with Crippen LogP contribution >= 0.6 is 11.3 Å². The molecule has 0 bridgehead atoms. The fourth-order valence-corrected chi connectivity index (χ4v) is 9.39. The zero-order valence-electron chi connectivity index (χ0n) is 27.4. The van der Waals surface area contributed by atoms with Crippen LogP contribution in [0.25, 0.3) is 64.0 Å². The molecular formula is C47H33NS. The van der Waals surface area contributed by atoms with Gasteiger partial charge in [0.15, 0.2) is 0 Å². The molecule has 0 spiro atoms. The van der Waals surface area contributed by atoms with Gasteiger partial charge in [-0.15, -0.1) is 11.3 Å². The monoisotopic (exact) mass is 643 g/mol. The van der Waals surface area contributed by atoms with Gasteiger partial charge in [-0.3, -0.25) is 0 Å². The molecule has 1 nitrogen and oxygen atoms in total. The van der Waals surface area contributed by atoms with Crippen molar-refractivity contribution >= 4 is 70.1 Å². The predicted molar refractivity (Wildman–Crippen MR) is 212 cm³/mol. The van der Waals surface area contributed by atoms with Gasteiger partial charge in [-0.25, -0.2) is 0 Å². The van der Waals surface area contributed by atoms with E-state index in [-0.39, 0.29) is 5.41 Å². The Morgan fingerprint density at radius 3 is 1.92 bits per heavy atom. The second kappa shape index (κ2) is 10.7. The van der Waals surface area contributed by atoms with E-state index in [2.05, 4.69) is 183 Å². The van der Waals surface area contributed by atoms with Crippen molar-refractivity contribution in [2.24, 2.45) is 0 Å². The van der Waals surface area contributed by atoms with Crippen LogP contribution in [0.4, 0.5) is 17.1 Å². The molecule has 0 amide bonds. The number of nitrogens with zero attached hydrogens (tertiary/aromatic N) is 1. The van der Waals surface area contributed by atoms with E-state index in [4.69, 9.17) is 0 Å². The number of benzene rings is 8. The molecule has 1 aliphatic carbocycles. The Morgan fingerprint density at radius 2 is 1.06 bits per heavy atom. The smallest absolute Gasteiger partial charge is 0.0476 e. The Balaban J connectivity index is 1.16. The molecule has 49 heavy (non-hydrogen) atoms. The summed E-state index contributed by atoms with van der Waals surface area (Å²) in [6, 6.07) is 60.6. The van der Waals surface area contributed by atoms with Gasteiger partial charge in [0, 0.05) is 42.6 Å². The first-order valence-corrected chi connectivity index (χ1v) is 17.8. The van der Waals surface area contributed by atoms with Gasteiger partial charge >= 0.3 is 0 Å². The molecule has 0 saturated heterocycles. The number of anilines is 3. The summed E-state index contributed by atoms with van der Waals surface area (Å²) in [5, 5.41) is 7.81. The first-order valence-electron chi connectivity index (χ1n) is 17.0. The minimum Gasteiger partial charge on any atom is -0.310 e. The minimum atomic E-state index is -0.0336. The van der Waals surface area contributed by atoms with Gasteiger partial charge in [0.2, 0.25) is 0 Å². The number of rotatable bonds is 4. The van der Waals surface area contributed by atoms with Crippen molar-refractivity contribution in [3.05, 3.63) is 175 Å². The molecule has 8 aromatic carbocycles. The van der Waals surface area contributed by atoms with E-state index in [1.165, 1.54) is 75.1 Å². The number of hydrogen-bond donors (Lipinski definition) is 0. The molecule has 9 aromatic rings. The SMILES string of the molecule is CC1(C)c2ccccc2-c2cc(N(c3ccc(-c4cccc5ccccc45)cc3)c3ccc4c(c3)sc3ccc5ccccc5c34)ccc21. The van der Waals surface area contributed by atoms with Gasteiger partial charge in [-0.2, -0.15) is 0 Å². The average molecular weight is 644 g/mol. The average Bonchev–Trinajstić information content (AvgIpc) is 3.63. The topological polar surface area (TPSA) is 3.24 Å². The van der Waals surface area contributed by atoms with E-state index < -0.39 is 0 Å². The molecule has 0 aliphatic heterocycles. The summed E-state index contributed by atoms with van der Waals surface area (Å²) in [5.74, 6) is 0. The highest BCUT2D eigenvalue weighted by Crippen LogP contribution is 2.51. The minimum absolute atomic E-state index is 0.0336. The zero-order valence-corrected chi connectivity index (χ0v) is 28.3. The molecule has 1 aliphatic rings. The summed E-state index contributed by atoms with van der Waals surface area (Å²) in [7, 11) is 0. The lowest BCUT2D eigenvalue weighted by Gasteiger charge is -2.27. The van der Waals surface area contributed by atoms with Crippen molar-refractivity contribution in [2.45, 2.75) is 19.3 Å². The van der Waals surface area contributed by atoms with E-state index >= 15 is 0 Å². The molecule has 0 fully saturated rings. The Bertz CT molecular complexity index is 2740. The van der Waals surface area contributed by atoms with Crippen LogP contribution in [0.3, 0.4) is 0 Å². The standard InChI is InChI=1S/C47H33NS/c1-47(2)42-17-8-7-15-39(42)41-28-34(24-26-43(41)47)48(33-21-18-32(19-22-33)37-16-9-12-30-10-3-5-13-36(30)37)35-23-25-40-45(29-35)49-44-27-20-31-11-4-6-14-38(31)46(40)44/h3-29H,1-2H3. The fraction of sp³-hybridized carbons (Fsp3) is 0.0638. The van der Waals surface area contributed by atoms with Crippen molar-refractivity contribution < 1.29 is 0 Å². The van der Waals surface area contributed by atoms with E-state index in [9.17, 15) is 0 Å². The lowest BCUT2D eigenvalue weighted by molar-refractivity contribution is 0.660. The Kier molecular flexibility index (Phi) is 6.16. The highest BCUT2D eigenvalue weighted by atomic mass is 32.1. The van der Waals surface area contributed by atoms with Crippen LogP contribution in [-0.4, -0.2) is 0 Å². The third kappa shape index (κ3) is 4.31. The summed E-state index contributed by atoms with van der Waals surface area (Å²) in [5.41, 5.74) is 11.3. The first kappa shape index (κ1) is 28.3. The maximum absolute atomic E-state index is 2.43. The van der Waals surface area contributed by atoms with Crippen LogP contribution in [0.15, 0.2) is 164 Å². The fourth-order valence-electron chi connectivity index (χ4n) is 8.24. The van der Waals surface area contributed by atoms with Crippen LogP contribution < -0.4 is 4.90 Å². The van der Waals surface area contributed by atoms with E-state index in [1.54, 1.807) is 0 Å². The van der Waals surface area contributed by atoms with Crippen LogP contribution in [0.5, 0.6) is 0 Å². The van der Waals surface area contributed by atoms with Crippen LogP contribution in [-0.2, 0) is 5.41 Å². The Labute approximate surface area is 290 Å². The molecule has 0 atom stereocenters. The van der Waals surface area contributed by atoms with Gasteiger partial charge in [0.05, 0.1) is 0 Å². The molecule has 0 saturated carbocycles. The van der Waals surface area contributed by atoms with Crippen molar-refractivity contribution in [3.63, 3.8) is 0 Å². The third-order valence-corrected chi connectivity index (χ3v) is 11.8. The third-order valence-electron chi connectivity index (χ3n) is 10.7. The Morgan fingerprint density at radius 1 is 0.429 bits per heavy atom. The maximum atomic E-state index is 2.43. The second-order valence-electron chi connectivity index (χ2n) is 13.8. The largest absolute Gasteiger partial charge is 0.310 e. The van der Waals surface area contributed by atoms with Gasteiger partial charge in [0.25, 0.3) is 0 Å². The normalized spacial score (nSPS) is 13.3. The van der Waals surface area contributed by atoms with Crippen LogP contribution in [0.1, 0.15) is 25.0 Å². The van der Waals surface area contributed by atoms with Crippen LogP contribution in [0.2, 0.25) is 0 Å². The van der Waals surface area contributed by atoms with E-state index in [0.29, 0.717) is 0 Å². The maximum Gasteiger partial charge on any atom is 0.0476 e. The number of hydrogen-bond acceptors (Lipinski definition) is 2. The van der Waals surface area contributed by atoms with Crippen molar-refractivity contribution in [3.8, 4) is 22.3 Å². The molecule has 0 N–H and O–H groups in total. The molecule has 0 radical (unpaired) electrons.